The van der Waals surface area contributed by atoms with Gasteiger partial charge in [0.2, 0.25) is 0 Å². The Bertz CT molecular complexity index is 558. The minimum Gasteiger partial charge on any atom is -0.294 e. The molecule has 4 heteroatoms. The summed E-state index contributed by atoms with van der Waals surface area (Å²) in [5, 5.41) is 1.02. The van der Waals surface area contributed by atoms with Crippen LogP contribution in [-0.4, -0.2) is 10.8 Å². The van der Waals surface area contributed by atoms with E-state index < -0.39 is 0 Å². The van der Waals surface area contributed by atoms with E-state index in [1.807, 2.05) is 6.92 Å². The van der Waals surface area contributed by atoms with Crippen LogP contribution in [0, 0.1) is 13.8 Å². The van der Waals surface area contributed by atoms with Gasteiger partial charge in [-0.1, -0.05) is 17.7 Å². The Morgan fingerprint density at radius 1 is 1.28 bits per heavy atom. The van der Waals surface area contributed by atoms with Gasteiger partial charge in [0.15, 0.2) is 5.78 Å². The summed E-state index contributed by atoms with van der Waals surface area (Å²) < 4.78 is 0. The molecule has 1 heterocycles. The highest BCUT2D eigenvalue weighted by Gasteiger charge is 2.11. The van der Waals surface area contributed by atoms with E-state index in [1.54, 1.807) is 18.7 Å². The number of aryl methyl sites for hydroxylation is 2. The lowest BCUT2D eigenvalue weighted by Gasteiger charge is -1.99. The fourth-order valence-electron chi connectivity index (χ4n) is 1.62. The van der Waals surface area contributed by atoms with Crippen molar-refractivity contribution in [3.8, 4) is 0 Å². The zero-order valence-corrected chi connectivity index (χ0v) is 12.3. The van der Waals surface area contributed by atoms with Crippen LogP contribution < -0.4 is 0 Å². The molecule has 0 saturated carbocycles. The fraction of sp³-hybridized carbons (Fsp3) is 0.286. The average Bonchev–Trinajstić information content (AvgIpc) is 2.70. The van der Waals surface area contributed by atoms with Crippen molar-refractivity contribution in [2.45, 2.75) is 31.4 Å². The molecule has 2 aromatic rings. The predicted molar refractivity (Wildman–Crippen MR) is 77.6 cm³/mol. The van der Waals surface area contributed by atoms with Gasteiger partial charge in [0.05, 0.1) is 16.3 Å². The van der Waals surface area contributed by atoms with Gasteiger partial charge >= 0.3 is 0 Å². The summed E-state index contributed by atoms with van der Waals surface area (Å²) in [6.45, 7) is 5.57. The van der Waals surface area contributed by atoms with Crippen LogP contribution in [0.15, 0.2) is 29.2 Å². The molecule has 0 saturated heterocycles. The molecule has 1 aromatic heterocycles. The van der Waals surface area contributed by atoms with E-state index in [1.165, 1.54) is 21.8 Å². The molecular weight excluding hydrogens is 262 g/mol. The molecule has 1 aromatic carbocycles. The first-order valence-electron chi connectivity index (χ1n) is 5.73. The van der Waals surface area contributed by atoms with E-state index in [0.717, 1.165) is 21.3 Å². The first kappa shape index (κ1) is 13.3. The van der Waals surface area contributed by atoms with Crippen molar-refractivity contribution in [3.05, 3.63) is 45.4 Å². The van der Waals surface area contributed by atoms with E-state index in [9.17, 15) is 4.79 Å². The van der Waals surface area contributed by atoms with Crippen LogP contribution >= 0.6 is 23.1 Å². The molecule has 2 rings (SSSR count). The van der Waals surface area contributed by atoms with Crippen molar-refractivity contribution < 1.29 is 4.79 Å². The van der Waals surface area contributed by atoms with E-state index in [2.05, 4.69) is 36.2 Å². The monoisotopic (exact) mass is 277 g/mol. The second kappa shape index (κ2) is 5.67. The van der Waals surface area contributed by atoms with E-state index >= 15 is 0 Å². The van der Waals surface area contributed by atoms with Gasteiger partial charge in [-0.25, -0.2) is 4.98 Å². The van der Waals surface area contributed by atoms with Crippen molar-refractivity contribution in [2.75, 3.05) is 0 Å². The van der Waals surface area contributed by atoms with Crippen LogP contribution in [0.25, 0.3) is 0 Å². The Kier molecular flexibility index (Phi) is 4.19. The molecule has 0 radical (unpaired) electrons. The number of ketones is 1. The minimum atomic E-state index is 0.108. The topological polar surface area (TPSA) is 30.0 Å². The standard InChI is InChI=1S/C14H15NOS2/c1-9-4-6-12(7-5-9)17-8-13-15-10(2)14(18-13)11(3)16/h4-7H,8H2,1-3H3. The van der Waals surface area contributed by atoms with Gasteiger partial charge < -0.3 is 0 Å². The van der Waals surface area contributed by atoms with Gasteiger partial charge in [-0.15, -0.1) is 23.1 Å². The zero-order chi connectivity index (χ0) is 13.1. The number of thiazole rings is 1. The summed E-state index contributed by atoms with van der Waals surface area (Å²) in [6.07, 6.45) is 0. The van der Waals surface area contributed by atoms with Crippen LogP contribution in [0.3, 0.4) is 0 Å². The van der Waals surface area contributed by atoms with Gasteiger partial charge in [-0.3, -0.25) is 4.79 Å². The third-order valence-electron chi connectivity index (χ3n) is 2.54. The van der Waals surface area contributed by atoms with Crippen LogP contribution in [-0.2, 0) is 5.75 Å². The molecule has 0 aliphatic heterocycles. The lowest BCUT2D eigenvalue weighted by atomic mass is 10.2. The zero-order valence-electron chi connectivity index (χ0n) is 10.7. The molecule has 0 N–H and O–H groups in total. The fourth-order valence-corrected chi connectivity index (χ4v) is 3.47. The molecule has 0 unspecified atom stereocenters. The molecule has 0 spiro atoms. The van der Waals surface area contributed by atoms with Gasteiger partial charge in [0.25, 0.3) is 0 Å². The third kappa shape index (κ3) is 3.21. The van der Waals surface area contributed by atoms with E-state index in [-0.39, 0.29) is 5.78 Å². The molecule has 0 atom stereocenters. The number of Topliss-reactive ketones (excluding diaryl/α,β-unsaturated/α-hetero) is 1. The largest absolute Gasteiger partial charge is 0.294 e. The van der Waals surface area contributed by atoms with Crippen LogP contribution in [0.2, 0.25) is 0 Å². The summed E-state index contributed by atoms with van der Waals surface area (Å²) in [5.74, 6) is 0.929. The van der Waals surface area contributed by atoms with Crippen LogP contribution in [0.1, 0.15) is 32.9 Å². The van der Waals surface area contributed by atoms with E-state index in [4.69, 9.17) is 0 Å². The second-order valence-corrected chi connectivity index (χ2v) is 6.31. The Morgan fingerprint density at radius 2 is 1.94 bits per heavy atom. The van der Waals surface area contributed by atoms with Crippen molar-refractivity contribution in [3.63, 3.8) is 0 Å². The number of carbonyl (C=O) groups excluding carboxylic acids is 1. The maximum atomic E-state index is 11.4. The number of aromatic nitrogens is 1. The molecule has 2 nitrogen and oxygen atoms in total. The highest BCUT2D eigenvalue weighted by molar-refractivity contribution is 7.98. The van der Waals surface area contributed by atoms with Crippen molar-refractivity contribution in [2.24, 2.45) is 0 Å². The first-order valence-corrected chi connectivity index (χ1v) is 7.53. The Morgan fingerprint density at radius 3 is 2.50 bits per heavy atom. The molecule has 0 fully saturated rings. The summed E-state index contributed by atoms with van der Waals surface area (Å²) in [6, 6.07) is 8.45. The van der Waals surface area contributed by atoms with Crippen LogP contribution in [0.4, 0.5) is 0 Å². The quantitative estimate of drug-likeness (QED) is 0.618. The van der Waals surface area contributed by atoms with Gasteiger partial charge in [0, 0.05) is 11.8 Å². The number of thioether (sulfide) groups is 1. The normalized spacial score (nSPS) is 10.6. The Balaban J connectivity index is 2.04. The first-order chi connectivity index (χ1) is 8.56. The van der Waals surface area contributed by atoms with Crippen molar-refractivity contribution in [1.82, 2.24) is 4.98 Å². The second-order valence-electron chi connectivity index (χ2n) is 4.18. The SMILES string of the molecule is CC(=O)c1sc(CSc2ccc(C)cc2)nc1C. The summed E-state index contributed by atoms with van der Waals surface area (Å²) in [4.78, 5) is 17.8. The lowest BCUT2D eigenvalue weighted by molar-refractivity contribution is 0.102. The third-order valence-corrected chi connectivity index (χ3v) is 5.01. The Labute approximate surface area is 115 Å². The molecule has 0 aliphatic rings. The summed E-state index contributed by atoms with van der Waals surface area (Å²) >= 11 is 3.26. The highest BCUT2D eigenvalue weighted by atomic mass is 32.2. The maximum Gasteiger partial charge on any atom is 0.171 e. The number of benzene rings is 1. The number of hydrogen-bond donors (Lipinski definition) is 0. The van der Waals surface area contributed by atoms with Crippen molar-refractivity contribution >= 4 is 28.9 Å². The number of hydrogen-bond acceptors (Lipinski definition) is 4. The summed E-state index contributed by atoms with van der Waals surface area (Å²) in [5.41, 5.74) is 2.12. The number of nitrogens with zero attached hydrogens (tertiary/aromatic N) is 1. The van der Waals surface area contributed by atoms with Crippen LogP contribution in [0.5, 0.6) is 0 Å². The molecule has 18 heavy (non-hydrogen) atoms. The molecule has 94 valence electrons. The van der Waals surface area contributed by atoms with Crippen molar-refractivity contribution in [1.29, 1.82) is 0 Å². The number of rotatable bonds is 4. The molecule has 0 bridgehead atoms. The number of carbonyl (C=O) groups is 1. The predicted octanol–water partition coefficient (Wildman–Crippen LogP) is 4.25. The Hall–Kier alpha value is -1.13. The molecule has 0 amide bonds. The average molecular weight is 277 g/mol. The lowest BCUT2D eigenvalue weighted by Crippen LogP contribution is -1.89. The van der Waals surface area contributed by atoms with E-state index in [0.29, 0.717) is 0 Å². The van der Waals surface area contributed by atoms with Gasteiger partial charge in [-0.2, -0.15) is 0 Å². The smallest absolute Gasteiger partial charge is 0.171 e. The van der Waals surface area contributed by atoms with Gasteiger partial charge in [0.1, 0.15) is 5.01 Å². The molecular formula is C14H15NOS2. The summed E-state index contributed by atoms with van der Waals surface area (Å²) in [7, 11) is 0. The van der Waals surface area contributed by atoms with Gasteiger partial charge in [-0.05, 0) is 26.0 Å². The molecule has 0 aliphatic carbocycles. The maximum absolute atomic E-state index is 11.4. The highest BCUT2D eigenvalue weighted by Crippen LogP contribution is 2.27. The minimum absolute atomic E-state index is 0.108.